The Bertz CT molecular complexity index is 678. The highest BCUT2D eigenvalue weighted by atomic mass is 35.5. The van der Waals surface area contributed by atoms with Crippen molar-refractivity contribution in [1.82, 2.24) is 19.8 Å². The minimum absolute atomic E-state index is 0. The zero-order valence-corrected chi connectivity index (χ0v) is 13.1. The van der Waals surface area contributed by atoms with Gasteiger partial charge in [-0.25, -0.2) is 4.98 Å². The zero-order valence-electron chi connectivity index (χ0n) is 11.4. The van der Waals surface area contributed by atoms with Crippen molar-refractivity contribution >= 4 is 39.9 Å². The van der Waals surface area contributed by atoms with Gasteiger partial charge in [0.1, 0.15) is 4.83 Å². The van der Waals surface area contributed by atoms with Crippen LogP contribution in [0.1, 0.15) is 6.42 Å². The van der Waals surface area contributed by atoms with Crippen molar-refractivity contribution in [2.75, 3.05) is 26.2 Å². The van der Waals surface area contributed by atoms with Gasteiger partial charge in [-0.2, -0.15) is 0 Å². The Hall–Kier alpha value is -1.44. The van der Waals surface area contributed by atoms with E-state index in [1.165, 1.54) is 22.2 Å². The van der Waals surface area contributed by atoms with E-state index < -0.39 is 0 Å². The predicted molar refractivity (Wildman–Crippen MR) is 85.2 cm³/mol. The molecule has 1 aliphatic rings. The number of fused-ring (bicyclic) bond motifs is 1. The van der Waals surface area contributed by atoms with Crippen molar-refractivity contribution in [1.29, 1.82) is 0 Å². The molecule has 1 fully saturated rings. The van der Waals surface area contributed by atoms with Gasteiger partial charge in [0, 0.05) is 39.1 Å². The molecule has 2 aromatic heterocycles. The molecule has 21 heavy (non-hydrogen) atoms. The van der Waals surface area contributed by atoms with E-state index in [0.717, 1.165) is 31.0 Å². The van der Waals surface area contributed by atoms with Crippen LogP contribution in [-0.4, -0.2) is 46.5 Å². The van der Waals surface area contributed by atoms with Gasteiger partial charge in [-0.05, 0) is 11.4 Å². The SMILES string of the molecule is Cl.O=C(CCn1cnc2sccc2c1=O)N1CCNCC1. The second kappa shape index (κ2) is 7.02. The minimum Gasteiger partial charge on any atom is -0.340 e. The summed E-state index contributed by atoms with van der Waals surface area (Å²) in [5.74, 6) is 0.101. The Morgan fingerprint density at radius 2 is 2.14 bits per heavy atom. The van der Waals surface area contributed by atoms with Crippen molar-refractivity contribution < 1.29 is 4.79 Å². The molecule has 0 radical (unpaired) electrons. The van der Waals surface area contributed by atoms with Crippen molar-refractivity contribution in [2.24, 2.45) is 0 Å². The fourth-order valence-corrected chi connectivity index (χ4v) is 3.06. The van der Waals surface area contributed by atoms with E-state index in [0.29, 0.717) is 18.4 Å². The standard InChI is InChI=1S/C13H16N4O2S.ClH/c18-11(16-6-3-14-4-7-16)1-5-17-9-15-12-10(13(17)19)2-8-20-12;/h2,8-9,14H,1,3-7H2;1H. The average molecular weight is 329 g/mol. The number of rotatable bonds is 3. The first-order valence-electron chi connectivity index (χ1n) is 6.67. The maximum Gasteiger partial charge on any atom is 0.262 e. The summed E-state index contributed by atoms with van der Waals surface area (Å²) in [6, 6.07) is 1.78. The lowest BCUT2D eigenvalue weighted by molar-refractivity contribution is -0.132. The Balaban J connectivity index is 0.00000161. The predicted octanol–water partition coefficient (Wildman–Crippen LogP) is 0.702. The second-order valence-corrected chi connectivity index (χ2v) is 5.66. The van der Waals surface area contributed by atoms with Crippen LogP contribution in [0.5, 0.6) is 0 Å². The van der Waals surface area contributed by atoms with Crippen molar-refractivity contribution in [3.63, 3.8) is 0 Å². The molecular formula is C13H17ClN4O2S. The van der Waals surface area contributed by atoms with Gasteiger partial charge in [0.15, 0.2) is 0 Å². The lowest BCUT2D eigenvalue weighted by Crippen LogP contribution is -2.46. The summed E-state index contributed by atoms with van der Waals surface area (Å²) < 4.78 is 1.52. The maximum absolute atomic E-state index is 12.2. The molecule has 0 bridgehead atoms. The highest BCUT2D eigenvalue weighted by Crippen LogP contribution is 2.13. The highest BCUT2D eigenvalue weighted by Gasteiger charge is 2.16. The van der Waals surface area contributed by atoms with E-state index in [2.05, 4.69) is 10.3 Å². The molecule has 0 spiro atoms. The lowest BCUT2D eigenvalue weighted by Gasteiger charge is -2.27. The van der Waals surface area contributed by atoms with Crippen LogP contribution in [0, 0.1) is 0 Å². The molecule has 6 nitrogen and oxygen atoms in total. The molecule has 0 saturated carbocycles. The second-order valence-electron chi connectivity index (χ2n) is 4.76. The third-order valence-electron chi connectivity index (χ3n) is 3.49. The summed E-state index contributed by atoms with van der Waals surface area (Å²) in [6.07, 6.45) is 1.88. The Kier molecular flexibility index (Phi) is 5.33. The van der Waals surface area contributed by atoms with Crippen LogP contribution in [0.2, 0.25) is 0 Å². The number of hydrogen-bond acceptors (Lipinski definition) is 5. The van der Waals surface area contributed by atoms with Gasteiger partial charge in [-0.3, -0.25) is 14.2 Å². The molecule has 2 aromatic rings. The van der Waals surface area contributed by atoms with Crippen LogP contribution in [-0.2, 0) is 11.3 Å². The number of aromatic nitrogens is 2. The van der Waals surface area contributed by atoms with Crippen LogP contribution in [0.4, 0.5) is 0 Å². The van der Waals surface area contributed by atoms with Gasteiger partial charge in [-0.15, -0.1) is 23.7 Å². The summed E-state index contributed by atoms with van der Waals surface area (Å²) in [7, 11) is 0. The van der Waals surface area contributed by atoms with Gasteiger partial charge in [0.05, 0.1) is 11.7 Å². The molecular weight excluding hydrogens is 312 g/mol. The smallest absolute Gasteiger partial charge is 0.262 e. The molecule has 1 aliphatic heterocycles. The van der Waals surface area contributed by atoms with Crippen LogP contribution in [0.15, 0.2) is 22.6 Å². The molecule has 114 valence electrons. The number of hydrogen-bond donors (Lipinski definition) is 1. The molecule has 3 rings (SSSR count). The number of carbonyl (C=O) groups excluding carboxylic acids is 1. The van der Waals surface area contributed by atoms with Crippen LogP contribution in [0.25, 0.3) is 10.2 Å². The summed E-state index contributed by atoms with van der Waals surface area (Å²) in [5, 5.41) is 5.70. The van der Waals surface area contributed by atoms with E-state index >= 15 is 0 Å². The van der Waals surface area contributed by atoms with Crippen molar-refractivity contribution in [2.45, 2.75) is 13.0 Å². The number of thiophene rings is 1. The highest BCUT2D eigenvalue weighted by molar-refractivity contribution is 7.16. The number of aryl methyl sites for hydroxylation is 1. The van der Waals surface area contributed by atoms with Gasteiger partial charge in [-0.1, -0.05) is 0 Å². The maximum atomic E-state index is 12.2. The van der Waals surface area contributed by atoms with Gasteiger partial charge in [0.2, 0.25) is 5.91 Å². The van der Waals surface area contributed by atoms with E-state index in [-0.39, 0.29) is 23.9 Å². The zero-order chi connectivity index (χ0) is 13.9. The Morgan fingerprint density at radius 3 is 2.90 bits per heavy atom. The molecule has 0 atom stereocenters. The van der Waals surface area contributed by atoms with Gasteiger partial charge >= 0.3 is 0 Å². The topological polar surface area (TPSA) is 67.2 Å². The Labute approximate surface area is 132 Å². The number of amides is 1. The average Bonchev–Trinajstić information content (AvgIpc) is 2.96. The molecule has 0 aliphatic carbocycles. The fourth-order valence-electron chi connectivity index (χ4n) is 2.34. The first kappa shape index (κ1) is 15.9. The minimum atomic E-state index is -0.0654. The fraction of sp³-hybridized carbons (Fsp3) is 0.462. The molecule has 0 aromatic carbocycles. The normalized spacial score (nSPS) is 15.0. The number of piperazine rings is 1. The first-order chi connectivity index (χ1) is 9.75. The molecule has 8 heteroatoms. The van der Waals surface area contributed by atoms with Crippen LogP contribution < -0.4 is 10.9 Å². The summed E-state index contributed by atoms with van der Waals surface area (Å²) >= 11 is 1.45. The third kappa shape index (κ3) is 3.42. The molecule has 1 N–H and O–H groups in total. The largest absolute Gasteiger partial charge is 0.340 e. The summed E-state index contributed by atoms with van der Waals surface area (Å²) in [5.41, 5.74) is -0.0654. The molecule has 3 heterocycles. The van der Waals surface area contributed by atoms with Crippen LogP contribution in [0.3, 0.4) is 0 Å². The van der Waals surface area contributed by atoms with Crippen LogP contribution >= 0.6 is 23.7 Å². The number of halogens is 1. The monoisotopic (exact) mass is 328 g/mol. The molecule has 1 saturated heterocycles. The number of carbonyl (C=O) groups is 1. The molecule has 1 amide bonds. The third-order valence-corrected chi connectivity index (χ3v) is 4.31. The molecule has 0 unspecified atom stereocenters. The van der Waals surface area contributed by atoms with E-state index in [1.54, 1.807) is 6.07 Å². The van der Waals surface area contributed by atoms with Crippen molar-refractivity contribution in [3.8, 4) is 0 Å². The number of nitrogens with one attached hydrogen (secondary N) is 1. The summed E-state index contributed by atoms with van der Waals surface area (Å²) in [6.45, 7) is 3.56. The van der Waals surface area contributed by atoms with Crippen molar-refractivity contribution in [3.05, 3.63) is 28.1 Å². The first-order valence-corrected chi connectivity index (χ1v) is 7.55. The van der Waals surface area contributed by atoms with E-state index in [1.807, 2.05) is 10.3 Å². The lowest BCUT2D eigenvalue weighted by atomic mass is 10.3. The quantitative estimate of drug-likeness (QED) is 0.900. The summed E-state index contributed by atoms with van der Waals surface area (Å²) in [4.78, 5) is 31.1. The van der Waals surface area contributed by atoms with Gasteiger partial charge in [0.25, 0.3) is 5.56 Å². The van der Waals surface area contributed by atoms with E-state index in [4.69, 9.17) is 0 Å². The van der Waals surface area contributed by atoms with E-state index in [9.17, 15) is 9.59 Å². The van der Waals surface area contributed by atoms with Gasteiger partial charge < -0.3 is 10.2 Å². The Morgan fingerprint density at radius 1 is 1.38 bits per heavy atom. The number of nitrogens with zero attached hydrogens (tertiary/aromatic N) is 3.